The molecule has 0 saturated heterocycles. The molecule has 1 N–H and O–H groups in total. The minimum absolute atomic E-state index is 0.475. The summed E-state index contributed by atoms with van der Waals surface area (Å²) in [6, 6.07) is 0. The Morgan fingerprint density at radius 2 is 2.18 bits per heavy atom. The zero-order chi connectivity index (χ0) is 8.43. The lowest BCUT2D eigenvalue weighted by Crippen LogP contribution is -2.25. The third-order valence-corrected chi connectivity index (χ3v) is 1.11. The van der Waals surface area contributed by atoms with Crippen molar-refractivity contribution in [2.45, 2.75) is 0 Å². The van der Waals surface area contributed by atoms with Gasteiger partial charge in [0.15, 0.2) is 6.61 Å². The van der Waals surface area contributed by atoms with E-state index >= 15 is 0 Å². The molecule has 1 aliphatic rings. The molecule has 1 aliphatic heterocycles. The first-order valence-electron chi connectivity index (χ1n) is 2.76. The number of aliphatic carboxylic acids is 1. The van der Waals surface area contributed by atoms with Crippen LogP contribution in [0.25, 0.3) is 0 Å². The molecule has 5 heteroatoms. The van der Waals surface area contributed by atoms with Gasteiger partial charge in [-0.25, -0.2) is 4.79 Å². The molecule has 58 valence electrons. The molecule has 0 saturated carbocycles. The van der Waals surface area contributed by atoms with Crippen molar-refractivity contribution in [1.29, 1.82) is 0 Å². The van der Waals surface area contributed by atoms with Gasteiger partial charge < -0.3 is 9.84 Å². The molecule has 0 atom stereocenters. The van der Waals surface area contributed by atoms with Crippen molar-refractivity contribution in [3.05, 3.63) is 11.8 Å². The minimum atomic E-state index is -1.34. The summed E-state index contributed by atoms with van der Waals surface area (Å²) in [5.41, 5.74) is 0. The molecule has 0 aromatic carbocycles. The summed E-state index contributed by atoms with van der Waals surface area (Å²) >= 11 is 0. The highest BCUT2D eigenvalue weighted by Gasteiger charge is 2.23. The lowest BCUT2D eigenvalue weighted by molar-refractivity contribution is -0.142. The van der Waals surface area contributed by atoms with Crippen LogP contribution in [0.3, 0.4) is 0 Å². The van der Waals surface area contributed by atoms with Gasteiger partial charge in [-0.1, -0.05) is 0 Å². The normalized spacial score (nSPS) is 17.3. The fourth-order valence-corrected chi connectivity index (χ4v) is 0.579. The summed E-state index contributed by atoms with van der Waals surface area (Å²) in [5, 5.41) is 8.29. The molecule has 0 aromatic rings. The molecule has 0 bridgehead atoms. The molecule has 0 aromatic heterocycles. The molecule has 5 nitrogen and oxygen atoms in total. The number of ether oxygens (including phenoxy) is 1. The van der Waals surface area contributed by atoms with Crippen LogP contribution in [-0.4, -0.2) is 29.2 Å². The largest absolute Gasteiger partial charge is 0.478 e. The van der Waals surface area contributed by atoms with Gasteiger partial charge in [0.25, 0.3) is 0 Å². The van der Waals surface area contributed by atoms with Crippen molar-refractivity contribution in [2.24, 2.45) is 0 Å². The monoisotopic (exact) mass is 156 g/mol. The van der Waals surface area contributed by atoms with Crippen molar-refractivity contribution < 1.29 is 24.2 Å². The molecular weight excluding hydrogens is 152 g/mol. The molecule has 0 amide bonds. The number of Topliss-reactive ketones (excluding diaryl/α,β-unsaturated/α-hetero) is 1. The van der Waals surface area contributed by atoms with Crippen molar-refractivity contribution >= 4 is 17.5 Å². The molecule has 0 fully saturated rings. The van der Waals surface area contributed by atoms with E-state index in [1.165, 1.54) is 0 Å². The van der Waals surface area contributed by atoms with Gasteiger partial charge in [-0.05, 0) is 0 Å². The summed E-state index contributed by atoms with van der Waals surface area (Å²) in [4.78, 5) is 31.1. The number of ketones is 2. The van der Waals surface area contributed by atoms with Crippen molar-refractivity contribution in [1.82, 2.24) is 0 Å². The highest BCUT2D eigenvalue weighted by atomic mass is 16.5. The first-order valence-corrected chi connectivity index (χ1v) is 2.76. The van der Waals surface area contributed by atoms with Gasteiger partial charge in [-0.15, -0.1) is 0 Å². The van der Waals surface area contributed by atoms with Crippen molar-refractivity contribution in [3.63, 3.8) is 0 Å². The standard InChI is InChI=1S/C6H4O5/c7-3-1-5(6(9)10)11-2-4(3)8/h1H,2H2,(H,9,10). The van der Waals surface area contributed by atoms with E-state index in [1.54, 1.807) is 0 Å². The Hall–Kier alpha value is -1.65. The van der Waals surface area contributed by atoms with Gasteiger partial charge >= 0.3 is 5.97 Å². The van der Waals surface area contributed by atoms with Gasteiger partial charge in [0.2, 0.25) is 17.3 Å². The Morgan fingerprint density at radius 3 is 2.64 bits per heavy atom. The summed E-state index contributed by atoms with van der Waals surface area (Å²) in [6.07, 6.45) is 0.675. The number of carbonyl (C=O) groups is 3. The zero-order valence-electron chi connectivity index (χ0n) is 5.36. The van der Waals surface area contributed by atoms with E-state index in [4.69, 9.17) is 5.11 Å². The predicted molar refractivity (Wildman–Crippen MR) is 31.7 cm³/mol. The number of rotatable bonds is 1. The summed E-state index contributed by atoms with van der Waals surface area (Å²) in [5.74, 6) is -3.37. The zero-order valence-corrected chi connectivity index (χ0v) is 5.36. The number of carboxylic acid groups (broad SMARTS) is 1. The van der Waals surface area contributed by atoms with Crippen LogP contribution in [0.5, 0.6) is 0 Å². The second kappa shape index (κ2) is 2.53. The number of allylic oxidation sites excluding steroid dienone is 1. The van der Waals surface area contributed by atoms with Crippen LogP contribution in [0.4, 0.5) is 0 Å². The smallest absolute Gasteiger partial charge is 0.371 e. The number of carboxylic acids is 1. The summed E-state index contributed by atoms with van der Waals surface area (Å²) < 4.78 is 4.41. The molecule has 0 spiro atoms. The van der Waals surface area contributed by atoms with Crippen LogP contribution in [0.15, 0.2) is 11.8 Å². The Morgan fingerprint density at radius 1 is 1.55 bits per heavy atom. The summed E-state index contributed by atoms with van der Waals surface area (Å²) in [7, 11) is 0. The third kappa shape index (κ3) is 1.43. The van der Waals surface area contributed by atoms with Crippen LogP contribution in [-0.2, 0) is 19.1 Å². The van der Waals surface area contributed by atoms with E-state index < -0.39 is 29.9 Å². The number of carbonyl (C=O) groups excluding carboxylic acids is 2. The molecule has 0 radical (unpaired) electrons. The summed E-state index contributed by atoms with van der Waals surface area (Å²) in [6.45, 7) is -0.475. The molecule has 1 rings (SSSR count). The average molecular weight is 156 g/mol. The number of hydrogen-bond acceptors (Lipinski definition) is 4. The highest BCUT2D eigenvalue weighted by Crippen LogP contribution is 2.04. The maximum atomic E-state index is 10.5. The predicted octanol–water partition coefficient (Wildman–Crippen LogP) is -0.877. The van der Waals surface area contributed by atoms with Crippen LogP contribution in [0, 0.1) is 0 Å². The second-order valence-corrected chi connectivity index (χ2v) is 1.89. The highest BCUT2D eigenvalue weighted by molar-refractivity contribution is 6.43. The van der Waals surface area contributed by atoms with Gasteiger partial charge in [-0.2, -0.15) is 0 Å². The van der Waals surface area contributed by atoms with E-state index in [0.717, 1.165) is 0 Å². The topological polar surface area (TPSA) is 80.7 Å². The van der Waals surface area contributed by atoms with Crippen LogP contribution in [0.2, 0.25) is 0 Å². The van der Waals surface area contributed by atoms with Gasteiger partial charge in [-0.3, -0.25) is 9.59 Å². The fraction of sp³-hybridized carbons (Fsp3) is 0.167. The Bertz CT molecular complexity index is 262. The maximum absolute atomic E-state index is 10.5. The van der Waals surface area contributed by atoms with Gasteiger partial charge in [0.1, 0.15) is 0 Å². The van der Waals surface area contributed by atoms with E-state index in [0.29, 0.717) is 6.08 Å². The first kappa shape index (κ1) is 7.46. The Labute approximate surface area is 61.3 Å². The Kier molecular flexibility index (Phi) is 1.72. The van der Waals surface area contributed by atoms with Crippen molar-refractivity contribution in [3.8, 4) is 0 Å². The van der Waals surface area contributed by atoms with E-state index in [1.807, 2.05) is 0 Å². The van der Waals surface area contributed by atoms with E-state index in [9.17, 15) is 14.4 Å². The lowest BCUT2D eigenvalue weighted by atomic mass is 10.2. The minimum Gasteiger partial charge on any atom is -0.478 e. The van der Waals surface area contributed by atoms with Gasteiger partial charge in [0.05, 0.1) is 0 Å². The average Bonchev–Trinajstić information content (AvgIpc) is 1.94. The molecule has 1 heterocycles. The first-order chi connectivity index (χ1) is 5.11. The van der Waals surface area contributed by atoms with E-state index in [2.05, 4.69) is 4.74 Å². The molecule has 0 aliphatic carbocycles. The quantitative estimate of drug-likeness (QED) is 0.499. The third-order valence-electron chi connectivity index (χ3n) is 1.11. The van der Waals surface area contributed by atoms with Crippen molar-refractivity contribution in [2.75, 3.05) is 6.61 Å². The van der Waals surface area contributed by atoms with Crippen LogP contribution in [0.1, 0.15) is 0 Å². The number of hydrogen-bond donors (Lipinski definition) is 1. The maximum Gasteiger partial charge on any atom is 0.371 e. The lowest BCUT2D eigenvalue weighted by Gasteiger charge is -2.08. The van der Waals surface area contributed by atoms with Crippen LogP contribution >= 0.6 is 0 Å². The Balaban J connectivity index is 2.88. The van der Waals surface area contributed by atoms with E-state index in [-0.39, 0.29) is 0 Å². The SMILES string of the molecule is O=C(O)C1=CC(=O)C(=O)CO1. The van der Waals surface area contributed by atoms with Gasteiger partial charge in [0, 0.05) is 6.08 Å². The second-order valence-electron chi connectivity index (χ2n) is 1.89. The molecule has 0 unspecified atom stereocenters. The molecule has 11 heavy (non-hydrogen) atoms. The fourth-order valence-electron chi connectivity index (χ4n) is 0.579. The van der Waals surface area contributed by atoms with Crippen LogP contribution < -0.4 is 0 Å². The molecular formula is C6H4O5.